The van der Waals surface area contributed by atoms with E-state index in [0.29, 0.717) is 41.5 Å². The van der Waals surface area contributed by atoms with E-state index in [9.17, 15) is 13.2 Å². The predicted molar refractivity (Wildman–Crippen MR) is 122 cm³/mol. The van der Waals surface area contributed by atoms with Gasteiger partial charge in [-0.05, 0) is 50.1 Å². The molecule has 7 nitrogen and oxygen atoms in total. The van der Waals surface area contributed by atoms with Crippen LogP contribution in [-0.2, 0) is 0 Å². The minimum atomic E-state index is -4.46. The van der Waals surface area contributed by atoms with Crippen LogP contribution < -0.4 is 10.5 Å². The number of ether oxygens (including phenoxy) is 1. The Hall–Kier alpha value is -3.24. The fraction of sp³-hybridized carbons (Fsp3) is 0.375. The molecule has 0 bridgehead atoms. The topological polar surface area (TPSA) is 81.6 Å². The molecule has 34 heavy (non-hydrogen) atoms. The summed E-state index contributed by atoms with van der Waals surface area (Å²) in [5.74, 6) is 1.06. The van der Waals surface area contributed by atoms with Gasteiger partial charge in [0.15, 0.2) is 11.5 Å². The van der Waals surface area contributed by atoms with Gasteiger partial charge in [0.1, 0.15) is 17.5 Å². The highest BCUT2D eigenvalue weighted by atomic mass is 19.4. The first kappa shape index (κ1) is 22.5. The van der Waals surface area contributed by atoms with E-state index in [2.05, 4.69) is 15.2 Å². The van der Waals surface area contributed by atoms with Crippen LogP contribution in [0.4, 0.5) is 13.2 Å². The fourth-order valence-corrected chi connectivity index (χ4v) is 4.57. The maximum Gasteiger partial charge on any atom is 0.408 e. The van der Waals surface area contributed by atoms with E-state index in [0.717, 1.165) is 5.39 Å². The number of pyridine rings is 2. The van der Waals surface area contributed by atoms with Gasteiger partial charge >= 0.3 is 6.18 Å². The van der Waals surface area contributed by atoms with Crippen molar-refractivity contribution in [2.45, 2.75) is 38.0 Å². The largest absolute Gasteiger partial charge is 0.494 e. The number of fused-ring (bicyclic) bond motifs is 2. The lowest BCUT2D eigenvalue weighted by Crippen LogP contribution is -2.43. The van der Waals surface area contributed by atoms with Gasteiger partial charge in [-0.25, -0.2) is 4.98 Å². The van der Waals surface area contributed by atoms with Crippen LogP contribution in [0.1, 0.15) is 31.9 Å². The number of alkyl halides is 3. The van der Waals surface area contributed by atoms with Gasteiger partial charge < -0.3 is 10.5 Å². The molecular formula is C24H25F3N6O. The van der Waals surface area contributed by atoms with Crippen molar-refractivity contribution >= 4 is 16.6 Å². The van der Waals surface area contributed by atoms with Crippen LogP contribution in [0.15, 0.2) is 48.7 Å². The molecular weight excluding hydrogens is 445 g/mol. The minimum absolute atomic E-state index is 0.109. The lowest BCUT2D eigenvalue weighted by atomic mass is 10.0. The number of rotatable bonds is 5. The molecule has 2 N–H and O–H groups in total. The summed E-state index contributed by atoms with van der Waals surface area (Å²) < 4.78 is 49.7. The van der Waals surface area contributed by atoms with Crippen molar-refractivity contribution in [3.63, 3.8) is 0 Å². The molecule has 0 amide bonds. The van der Waals surface area contributed by atoms with Crippen LogP contribution in [0.5, 0.6) is 5.75 Å². The average molecular weight is 470 g/mol. The monoisotopic (exact) mass is 470 g/mol. The zero-order chi connectivity index (χ0) is 24.1. The summed E-state index contributed by atoms with van der Waals surface area (Å²) >= 11 is 0. The second-order valence-corrected chi connectivity index (χ2v) is 9.02. The van der Waals surface area contributed by atoms with Crippen LogP contribution in [-0.4, -0.2) is 55.9 Å². The Kier molecular flexibility index (Phi) is 5.44. The van der Waals surface area contributed by atoms with Gasteiger partial charge in [0, 0.05) is 36.3 Å². The highest BCUT2D eigenvalue weighted by molar-refractivity contribution is 5.82. The molecule has 1 aliphatic heterocycles. The van der Waals surface area contributed by atoms with E-state index in [1.807, 2.05) is 31.2 Å². The number of hydrogen-bond donors (Lipinski definition) is 1. The standard InChI is InChI=1S/C24H25F3N6O/c1-3-34-17-7-4-15-5-8-18(29-19(15)12-17)22-31-30-20-9-6-16(13-33(20)22)21(24(25,26)27)32-11-10-23(2,28)14-32/h4-9,12-13,21H,3,10-11,14,28H2,1-2H3/t21-,23-/m0/s1. The lowest BCUT2D eigenvalue weighted by molar-refractivity contribution is -0.184. The van der Waals surface area contributed by atoms with E-state index in [4.69, 9.17) is 10.5 Å². The molecule has 1 aliphatic rings. The summed E-state index contributed by atoms with van der Waals surface area (Å²) in [6.45, 7) is 4.66. The second kappa shape index (κ2) is 8.21. The fourth-order valence-electron chi connectivity index (χ4n) is 4.57. The minimum Gasteiger partial charge on any atom is -0.494 e. The summed E-state index contributed by atoms with van der Waals surface area (Å²) in [7, 11) is 0. The Morgan fingerprint density at radius 1 is 1.15 bits per heavy atom. The molecule has 0 saturated carbocycles. The number of hydrogen-bond acceptors (Lipinski definition) is 6. The van der Waals surface area contributed by atoms with Crippen LogP contribution in [0.2, 0.25) is 0 Å². The molecule has 3 aromatic heterocycles. The molecule has 178 valence electrons. The molecule has 1 aromatic carbocycles. The molecule has 4 heterocycles. The predicted octanol–water partition coefficient (Wildman–Crippen LogP) is 4.37. The summed E-state index contributed by atoms with van der Waals surface area (Å²) in [5, 5.41) is 9.27. The maximum absolute atomic E-state index is 14.2. The highest BCUT2D eigenvalue weighted by Gasteiger charge is 2.48. The molecule has 1 fully saturated rings. The van der Waals surface area contributed by atoms with Crippen LogP contribution in [0.25, 0.3) is 28.1 Å². The third-order valence-corrected chi connectivity index (χ3v) is 6.15. The summed E-state index contributed by atoms with van der Waals surface area (Å²) in [6, 6.07) is 10.5. The smallest absolute Gasteiger partial charge is 0.408 e. The average Bonchev–Trinajstić information content (AvgIpc) is 3.35. The molecule has 1 saturated heterocycles. The maximum atomic E-state index is 14.2. The Labute approximate surface area is 194 Å². The van der Waals surface area contributed by atoms with Gasteiger partial charge in [-0.3, -0.25) is 9.30 Å². The second-order valence-electron chi connectivity index (χ2n) is 9.02. The number of aromatic nitrogens is 4. The number of likely N-dealkylation sites (tertiary alicyclic amines) is 1. The number of halogens is 3. The molecule has 5 rings (SSSR count). The molecule has 0 unspecified atom stereocenters. The van der Waals surface area contributed by atoms with E-state index in [1.165, 1.54) is 17.2 Å². The third-order valence-electron chi connectivity index (χ3n) is 6.15. The lowest BCUT2D eigenvalue weighted by Gasteiger charge is -2.31. The van der Waals surface area contributed by atoms with E-state index in [-0.39, 0.29) is 18.7 Å². The van der Waals surface area contributed by atoms with Gasteiger partial charge in [0.2, 0.25) is 0 Å². The van der Waals surface area contributed by atoms with E-state index >= 15 is 0 Å². The van der Waals surface area contributed by atoms with Gasteiger partial charge in [-0.15, -0.1) is 10.2 Å². The zero-order valence-corrected chi connectivity index (χ0v) is 18.9. The Morgan fingerprint density at radius 2 is 1.94 bits per heavy atom. The van der Waals surface area contributed by atoms with E-state index in [1.54, 1.807) is 23.5 Å². The quantitative estimate of drug-likeness (QED) is 0.467. The Balaban J connectivity index is 1.58. The molecule has 4 aromatic rings. The SMILES string of the molecule is CCOc1ccc2ccc(-c3nnc4ccc([C@H](N5CC[C@](C)(N)C5)C(F)(F)F)cn34)nc2c1. The van der Waals surface area contributed by atoms with E-state index < -0.39 is 17.8 Å². The van der Waals surface area contributed by atoms with Crippen molar-refractivity contribution < 1.29 is 17.9 Å². The summed E-state index contributed by atoms with van der Waals surface area (Å²) in [4.78, 5) is 6.08. The van der Waals surface area contributed by atoms with Gasteiger partial charge in [0.25, 0.3) is 0 Å². The first-order chi connectivity index (χ1) is 16.1. The van der Waals surface area contributed by atoms with Crippen molar-refractivity contribution in [1.82, 2.24) is 24.5 Å². The molecule has 0 radical (unpaired) electrons. The van der Waals surface area contributed by atoms with Gasteiger partial charge in [-0.1, -0.05) is 12.1 Å². The van der Waals surface area contributed by atoms with Crippen LogP contribution in [0, 0.1) is 0 Å². The van der Waals surface area contributed by atoms with Gasteiger partial charge in [-0.2, -0.15) is 13.2 Å². The highest BCUT2D eigenvalue weighted by Crippen LogP contribution is 2.41. The number of nitrogens with zero attached hydrogens (tertiary/aromatic N) is 5. The molecule has 0 spiro atoms. The van der Waals surface area contributed by atoms with Crippen molar-refractivity contribution in [3.8, 4) is 17.3 Å². The van der Waals surface area contributed by atoms with Crippen molar-refractivity contribution in [3.05, 3.63) is 54.2 Å². The van der Waals surface area contributed by atoms with Crippen LogP contribution >= 0.6 is 0 Å². The summed E-state index contributed by atoms with van der Waals surface area (Å²) in [6.07, 6.45) is -2.50. The van der Waals surface area contributed by atoms with Crippen molar-refractivity contribution in [2.75, 3.05) is 19.7 Å². The first-order valence-electron chi connectivity index (χ1n) is 11.1. The normalized spacial score (nSPS) is 20.3. The third kappa shape index (κ3) is 4.19. The number of benzene rings is 1. The first-order valence-corrected chi connectivity index (χ1v) is 11.1. The Morgan fingerprint density at radius 3 is 2.65 bits per heavy atom. The Bertz CT molecular complexity index is 1350. The summed E-state index contributed by atoms with van der Waals surface area (Å²) in [5.41, 5.74) is 7.23. The zero-order valence-electron chi connectivity index (χ0n) is 18.9. The van der Waals surface area contributed by atoms with Crippen molar-refractivity contribution in [1.29, 1.82) is 0 Å². The van der Waals surface area contributed by atoms with Crippen LogP contribution in [0.3, 0.4) is 0 Å². The molecule has 10 heteroatoms. The molecule has 2 atom stereocenters. The number of nitrogens with two attached hydrogens (primary N) is 1. The van der Waals surface area contributed by atoms with Gasteiger partial charge in [0.05, 0.1) is 12.1 Å². The molecule has 0 aliphatic carbocycles. The van der Waals surface area contributed by atoms with Crippen molar-refractivity contribution in [2.24, 2.45) is 5.73 Å².